The number of aromatic nitrogens is 2. The van der Waals surface area contributed by atoms with E-state index in [1.807, 2.05) is 24.2 Å². The Morgan fingerprint density at radius 2 is 2.05 bits per heavy atom. The molecule has 1 atom stereocenters. The second-order valence-electron chi connectivity index (χ2n) is 6.54. The number of piperidine rings is 1. The van der Waals surface area contributed by atoms with Crippen LogP contribution < -0.4 is 0 Å². The van der Waals surface area contributed by atoms with E-state index in [2.05, 4.69) is 9.55 Å². The fraction of sp³-hybridized carbons (Fsp3) is 0.688. The molecule has 2 amide bonds. The number of imidazole rings is 1. The van der Waals surface area contributed by atoms with Gasteiger partial charge in [-0.25, -0.2) is 4.98 Å². The van der Waals surface area contributed by atoms with Gasteiger partial charge < -0.3 is 14.4 Å². The molecular weight excluding hydrogens is 280 g/mol. The van der Waals surface area contributed by atoms with Crippen molar-refractivity contribution in [1.82, 2.24) is 19.4 Å². The lowest BCUT2D eigenvalue weighted by atomic mass is 9.93. The summed E-state index contributed by atoms with van der Waals surface area (Å²) in [5, 5.41) is 0. The Morgan fingerprint density at radius 3 is 2.68 bits per heavy atom. The Kier molecular flexibility index (Phi) is 4.18. The van der Waals surface area contributed by atoms with Crippen molar-refractivity contribution in [3.63, 3.8) is 0 Å². The zero-order chi connectivity index (χ0) is 15.7. The number of carbonyl (C=O) groups excluding carboxylic acids is 2. The van der Waals surface area contributed by atoms with E-state index in [9.17, 15) is 9.59 Å². The standard InChI is InChI=1S/C16H24N4O2/c1-12-17-5-7-18(12)8-14-4-3-6-19(9-14)16(22)15-10-20(11-15)13(2)21/h5,7,14-15H,3-4,6,8-11H2,1-2H3/t14-/m1/s1. The van der Waals surface area contributed by atoms with Crippen LogP contribution in [0.4, 0.5) is 0 Å². The number of amides is 2. The Balaban J connectivity index is 1.53. The number of hydrogen-bond acceptors (Lipinski definition) is 3. The predicted molar refractivity (Wildman–Crippen MR) is 82.0 cm³/mol. The molecule has 0 saturated carbocycles. The van der Waals surface area contributed by atoms with Gasteiger partial charge in [-0.05, 0) is 25.7 Å². The smallest absolute Gasteiger partial charge is 0.229 e. The molecular formula is C16H24N4O2. The van der Waals surface area contributed by atoms with Crippen LogP contribution in [-0.4, -0.2) is 57.3 Å². The molecule has 0 N–H and O–H groups in total. The van der Waals surface area contributed by atoms with Gasteiger partial charge in [-0.3, -0.25) is 9.59 Å². The zero-order valence-electron chi connectivity index (χ0n) is 13.4. The summed E-state index contributed by atoms with van der Waals surface area (Å²) in [6.45, 7) is 7.37. The van der Waals surface area contributed by atoms with Crippen molar-refractivity contribution >= 4 is 11.8 Å². The molecule has 0 bridgehead atoms. The molecule has 2 aliphatic rings. The van der Waals surface area contributed by atoms with Gasteiger partial charge in [-0.2, -0.15) is 0 Å². The van der Waals surface area contributed by atoms with E-state index >= 15 is 0 Å². The largest absolute Gasteiger partial charge is 0.342 e. The fourth-order valence-electron chi connectivity index (χ4n) is 3.44. The van der Waals surface area contributed by atoms with Crippen LogP contribution in [0.25, 0.3) is 0 Å². The summed E-state index contributed by atoms with van der Waals surface area (Å²) < 4.78 is 2.17. The number of nitrogens with zero attached hydrogens (tertiary/aromatic N) is 4. The Bertz CT molecular complexity index is 562. The monoisotopic (exact) mass is 304 g/mol. The van der Waals surface area contributed by atoms with Gasteiger partial charge in [0.15, 0.2) is 0 Å². The second-order valence-corrected chi connectivity index (χ2v) is 6.54. The van der Waals surface area contributed by atoms with Crippen molar-refractivity contribution in [3.05, 3.63) is 18.2 Å². The van der Waals surface area contributed by atoms with Crippen molar-refractivity contribution in [2.24, 2.45) is 11.8 Å². The Hall–Kier alpha value is -1.85. The van der Waals surface area contributed by atoms with Gasteiger partial charge in [0.05, 0.1) is 5.92 Å². The molecule has 1 aromatic rings. The van der Waals surface area contributed by atoms with Crippen molar-refractivity contribution < 1.29 is 9.59 Å². The quantitative estimate of drug-likeness (QED) is 0.834. The molecule has 0 spiro atoms. The lowest BCUT2D eigenvalue weighted by Gasteiger charge is -2.42. The molecule has 0 aromatic carbocycles. The summed E-state index contributed by atoms with van der Waals surface area (Å²) in [5.74, 6) is 1.83. The second kappa shape index (κ2) is 6.10. The van der Waals surface area contributed by atoms with Crippen LogP contribution in [-0.2, 0) is 16.1 Å². The van der Waals surface area contributed by atoms with E-state index < -0.39 is 0 Å². The topological polar surface area (TPSA) is 58.4 Å². The first-order valence-electron chi connectivity index (χ1n) is 8.06. The molecule has 22 heavy (non-hydrogen) atoms. The third-order valence-corrected chi connectivity index (χ3v) is 4.89. The average molecular weight is 304 g/mol. The number of likely N-dealkylation sites (tertiary alicyclic amines) is 2. The predicted octanol–water partition coefficient (Wildman–Crippen LogP) is 0.908. The van der Waals surface area contributed by atoms with Crippen LogP contribution in [0.5, 0.6) is 0 Å². The molecule has 3 rings (SSSR count). The minimum atomic E-state index is 0.0117. The first-order valence-corrected chi connectivity index (χ1v) is 8.06. The summed E-state index contributed by atoms with van der Waals surface area (Å²) in [4.78, 5) is 31.8. The summed E-state index contributed by atoms with van der Waals surface area (Å²) >= 11 is 0. The number of carbonyl (C=O) groups is 2. The highest BCUT2D eigenvalue weighted by Crippen LogP contribution is 2.24. The molecule has 0 unspecified atom stereocenters. The molecule has 3 heterocycles. The summed E-state index contributed by atoms with van der Waals surface area (Å²) in [7, 11) is 0. The zero-order valence-corrected chi connectivity index (χ0v) is 13.4. The summed E-state index contributed by atoms with van der Waals surface area (Å²) in [6.07, 6.45) is 6.05. The number of hydrogen-bond donors (Lipinski definition) is 0. The molecule has 2 fully saturated rings. The first-order chi connectivity index (χ1) is 10.5. The number of rotatable bonds is 3. The van der Waals surface area contributed by atoms with Gasteiger partial charge in [0.25, 0.3) is 0 Å². The highest BCUT2D eigenvalue weighted by atomic mass is 16.2. The van der Waals surface area contributed by atoms with Crippen LogP contribution in [0.2, 0.25) is 0 Å². The van der Waals surface area contributed by atoms with Crippen molar-refractivity contribution in [2.45, 2.75) is 33.2 Å². The highest BCUT2D eigenvalue weighted by Gasteiger charge is 2.37. The van der Waals surface area contributed by atoms with Crippen molar-refractivity contribution in [2.75, 3.05) is 26.2 Å². The minimum Gasteiger partial charge on any atom is -0.342 e. The van der Waals surface area contributed by atoms with Gasteiger partial charge >= 0.3 is 0 Å². The normalized spacial score (nSPS) is 22.5. The SMILES string of the molecule is CC(=O)N1CC(C(=O)N2CCC[C@H](Cn3ccnc3C)C2)C1. The third-order valence-electron chi connectivity index (χ3n) is 4.89. The number of aryl methyl sites for hydroxylation is 1. The Morgan fingerprint density at radius 1 is 1.27 bits per heavy atom. The fourth-order valence-corrected chi connectivity index (χ4v) is 3.44. The van der Waals surface area contributed by atoms with Crippen LogP contribution in [0.3, 0.4) is 0 Å². The van der Waals surface area contributed by atoms with Gasteiger partial charge in [0, 0.05) is 52.0 Å². The third kappa shape index (κ3) is 3.00. The highest BCUT2D eigenvalue weighted by molar-refractivity contribution is 5.83. The van der Waals surface area contributed by atoms with Gasteiger partial charge in [-0.15, -0.1) is 0 Å². The molecule has 0 aliphatic carbocycles. The van der Waals surface area contributed by atoms with E-state index in [0.29, 0.717) is 19.0 Å². The van der Waals surface area contributed by atoms with Crippen LogP contribution >= 0.6 is 0 Å². The van der Waals surface area contributed by atoms with E-state index in [4.69, 9.17) is 0 Å². The molecule has 120 valence electrons. The molecule has 2 saturated heterocycles. The Labute approximate surface area is 131 Å². The van der Waals surface area contributed by atoms with E-state index in [1.165, 1.54) is 0 Å². The lowest BCUT2D eigenvalue weighted by molar-refractivity contribution is -0.148. The van der Waals surface area contributed by atoms with Crippen molar-refractivity contribution in [1.29, 1.82) is 0 Å². The molecule has 0 radical (unpaired) electrons. The van der Waals surface area contributed by atoms with Gasteiger partial charge in [-0.1, -0.05) is 0 Å². The van der Waals surface area contributed by atoms with Gasteiger partial charge in [0.2, 0.25) is 11.8 Å². The average Bonchev–Trinajstić information content (AvgIpc) is 2.82. The van der Waals surface area contributed by atoms with Crippen LogP contribution in [0.15, 0.2) is 12.4 Å². The van der Waals surface area contributed by atoms with E-state index in [1.54, 1.807) is 11.8 Å². The maximum atomic E-state index is 12.5. The minimum absolute atomic E-state index is 0.0117. The maximum absolute atomic E-state index is 12.5. The van der Waals surface area contributed by atoms with Gasteiger partial charge in [0.1, 0.15) is 5.82 Å². The van der Waals surface area contributed by atoms with E-state index in [-0.39, 0.29) is 17.7 Å². The van der Waals surface area contributed by atoms with E-state index in [0.717, 1.165) is 38.3 Å². The molecule has 6 heteroatoms. The first kappa shape index (κ1) is 15.1. The van der Waals surface area contributed by atoms with Crippen LogP contribution in [0, 0.1) is 18.8 Å². The lowest BCUT2D eigenvalue weighted by Crippen LogP contribution is -2.57. The molecule has 1 aromatic heterocycles. The molecule has 6 nitrogen and oxygen atoms in total. The van der Waals surface area contributed by atoms with Crippen molar-refractivity contribution in [3.8, 4) is 0 Å². The summed E-state index contributed by atoms with van der Waals surface area (Å²) in [6, 6.07) is 0. The maximum Gasteiger partial charge on any atom is 0.229 e. The van der Waals surface area contributed by atoms with Crippen LogP contribution in [0.1, 0.15) is 25.6 Å². The summed E-state index contributed by atoms with van der Waals surface area (Å²) in [5.41, 5.74) is 0. The molecule has 2 aliphatic heterocycles.